The monoisotopic (exact) mass is 410 g/mol. The van der Waals surface area contributed by atoms with Gasteiger partial charge in [-0.2, -0.15) is 10.1 Å². The Hall–Kier alpha value is -3.13. The molecule has 3 aromatic heterocycles. The number of hydrogen-bond acceptors (Lipinski definition) is 6. The van der Waals surface area contributed by atoms with Gasteiger partial charge < -0.3 is 15.2 Å². The van der Waals surface area contributed by atoms with Crippen LogP contribution in [0.5, 0.6) is 0 Å². The first kappa shape index (κ1) is 19.2. The van der Waals surface area contributed by atoms with Crippen molar-refractivity contribution < 1.29 is 0 Å². The molecular formula is C20H23ClN8. The lowest BCUT2D eigenvalue weighted by Gasteiger charge is -2.22. The van der Waals surface area contributed by atoms with Crippen molar-refractivity contribution in [3.05, 3.63) is 53.1 Å². The highest BCUT2D eigenvalue weighted by Crippen LogP contribution is 2.27. The Morgan fingerprint density at radius 2 is 2.03 bits per heavy atom. The first-order valence-electron chi connectivity index (χ1n) is 9.56. The number of aromatic nitrogens is 6. The Balaban J connectivity index is 1.55. The van der Waals surface area contributed by atoms with Crippen LogP contribution in [0.2, 0.25) is 5.02 Å². The topological polar surface area (TPSA) is 98.4 Å². The lowest BCUT2D eigenvalue weighted by atomic mass is 10.1. The summed E-state index contributed by atoms with van der Waals surface area (Å²) in [6.45, 7) is 7.61. The summed E-state index contributed by atoms with van der Waals surface area (Å²) < 4.78 is 0. The third kappa shape index (κ3) is 4.02. The summed E-state index contributed by atoms with van der Waals surface area (Å²) in [5.41, 5.74) is 3.74. The van der Waals surface area contributed by atoms with Crippen LogP contribution >= 0.6 is 11.6 Å². The first-order valence-corrected chi connectivity index (χ1v) is 9.93. The number of nitrogens with one attached hydrogen (secondary N) is 3. The molecule has 0 fully saturated rings. The summed E-state index contributed by atoms with van der Waals surface area (Å²) in [5.74, 6) is 2.42. The third-order valence-electron chi connectivity index (χ3n) is 4.75. The highest BCUT2D eigenvalue weighted by atomic mass is 35.5. The summed E-state index contributed by atoms with van der Waals surface area (Å²) >= 11 is 6.56. The van der Waals surface area contributed by atoms with Crippen molar-refractivity contribution in [3.8, 4) is 0 Å². The number of benzene rings is 1. The van der Waals surface area contributed by atoms with Crippen LogP contribution in [-0.2, 0) is 6.54 Å². The average Bonchev–Trinajstić information content (AvgIpc) is 3.38. The van der Waals surface area contributed by atoms with E-state index in [0.29, 0.717) is 29.3 Å². The second-order valence-electron chi connectivity index (χ2n) is 7.08. The molecule has 0 spiro atoms. The van der Waals surface area contributed by atoms with Crippen LogP contribution in [0, 0.1) is 0 Å². The average molecular weight is 411 g/mol. The number of anilines is 3. The molecule has 0 aliphatic heterocycles. The van der Waals surface area contributed by atoms with E-state index in [1.807, 2.05) is 24.3 Å². The van der Waals surface area contributed by atoms with Gasteiger partial charge in [0.25, 0.3) is 0 Å². The molecule has 0 aliphatic rings. The molecule has 29 heavy (non-hydrogen) atoms. The summed E-state index contributed by atoms with van der Waals surface area (Å²) in [7, 11) is 0. The molecule has 0 saturated heterocycles. The van der Waals surface area contributed by atoms with Crippen molar-refractivity contribution in [2.75, 3.05) is 16.8 Å². The molecule has 3 N–H and O–H groups in total. The van der Waals surface area contributed by atoms with E-state index in [1.165, 1.54) is 0 Å². The Bertz CT molecular complexity index is 1120. The maximum Gasteiger partial charge on any atom is 0.227 e. The predicted octanol–water partition coefficient (Wildman–Crippen LogP) is 4.62. The van der Waals surface area contributed by atoms with Gasteiger partial charge in [-0.05, 0) is 30.5 Å². The largest absolute Gasteiger partial charge is 0.345 e. The second-order valence-corrected chi connectivity index (χ2v) is 7.46. The van der Waals surface area contributed by atoms with Gasteiger partial charge in [0.05, 0.1) is 16.9 Å². The van der Waals surface area contributed by atoms with Crippen LogP contribution in [-0.4, -0.2) is 36.7 Å². The number of hydrogen-bond donors (Lipinski definition) is 3. The maximum absolute atomic E-state index is 6.56. The van der Waals surface area contributed by atoms with E-state index in [0.717, 1.165) is 34.7 Å². The van der Waals surface area contributed by atoms with Crippen LogP contribution < -0.4 is 10.2 Å². The normalized spacial score (nSPS) is 11.3. The van der Waals surface area contributed by atoms with Crippen LogP contribution in [0.15, 0.2) is 36.8 Å². The van der Waals surface area contributed by atoms with Gasteiger partial charge in [0.2, 0.25) is 5.95 Å². The van der Waals surface area contributed by atoms with Crippen LogP contribution in [0.1, 0.15) is 37.9 Å². The molecule has 9 heteroatoms. The SMILES string of the molecule is CCN(Cc1ccc2[nH]cnc2c1Cl)c1nccc(Nc2cc(C(C)C)[nH]n2)n1. The Morgan fingerprint density at radius 1 is 1.17 bits per heavy atom. The first-order chi connectivity index (χ1) is 14.0. The van der Waals surface area contributed by atoms with Crippen LogP contribution in [0.4, 0.5) is 17.6 Å². The molecule has 4 aromatic rings. The fourth-order valence-corrected chi connectivity index (χ4v) is 3.34. The number of fused-ring (bicyclic) bond motifs is 1. The van der Waals surface area contributed by atoms with E-state index in [1.54, 1.807) is 12.5 Å². The van der Waals surface area contributed by atoms with E-state index < -0.39 is 0 Å². The van der Waals surface area contributed by atoms with Gasteiger partial charge in [0.1, 0.15) is 11.3 Å². The van der Waals surface area contributed by atoms with Gasteiger partial charge in [0, 0.05) is 31.0 Å². The van der Waals surface area contributed by atoms with Crippen molar-refractivity contribution in [2.24, 2.45) is 0 Å². The minimum atomic E-state index is 0.381. The standard InChI is InChI=1S/C20H23ClN8/c1-4-29(10-13-5-6-14-19(18(13)21)24-11-23-14)20-22-8-7-16(26-20)25-17-9-15(12(2)3)27-28-17/h5-9,11-12H,4,10H2,1-3H3,(H,23,24)(H2,22,25,26,27,28). The van der Waals surface area contributed by atoms with Crippen molar-refractivity contribution in [2.45, 2.75) is 33.2 Å². The lowest BCUT2D eigenvalue weighted by Crippen LogP contribution is -2.24. The Morgan fingerprint density at radius 3 is 2.79 bits per heavy atom. The minimum Gasteiger partial charge on any atom is -0.345 e. The van der Waals surface area contributed by atoms with Crippen molar-refractivity contribution in [1.29, 1.82) is 0 Å². The number of H-pyrrole nitrogens is 2. The molecule has 0 atom stereocenters. The predicted molar refractivity (Wildman–Crippen MR) is 116 cm³/mol. The van der Waals surface area contributed by atoms with Gasteiger partial charge in [-0.3, -0.25) is 5.10 Å². The molecule has 0 unspecified atom stereocenters. The van der Waals surface area contributed by atoms with Crippen LogP contribution in [0.3, 0.4) is 0 Å². The highest BCUT2D eigenvalue weighted by molar-refractivity contribution is 6.35. The number of rotatable bonds is 7. The molecule has 0 amide bonds. The lowest BCUT2D eigenvalue weighted by molar-refractivity contribution is 0.793. The number of aromatic amines is 2. The summed E-state index contributed by atoms with van der Waals surface area (Å²) in [4.78, 5) is 18.5. The highest BCUT2D eigenvalue weighted by Gasteiger charge is 2.14. The van der Waals surface area contributed by atoms with Crippen molar-refractivity contribution in [3.63, 3.8) is 0 Å². The number of imidazole rings is 1. The molecule has 0 aliphatic carbocycles. The number of halogens is 1. The molecule has 1 aromatic carbocycles. The molecule has 0 bridgehead atoms. The van der Waals surface area contributed by atoms with Gasteiger partial charge in [-0.1, -0.05) is 31.5 Å². The van der Waals surface area contributed by atoms with E-state index in [4.69, 9.17) is 11.6 Å². The summed E-state index contributed by atoms with van der Waals surface area (Å²) in [6, 6.07) is 7.80. The molecule has 4 rings (SSSR count). The fourth-order valence-electron chi connectivity index (χ4n) is 3.07. The zero-order valence-electron chi connectivity index (χ0n) is 16.6. The van der Waals surface area contributed by atoms with E-state index in [9.17, 15) is 0 Å². The number of nitrogens with zero attached hydrogens (tertiary/aromatic N) is 5. The smallest absolute Gasteiger partial charge is 0.227 e. The third-order valence-corrected chi connectivity index (χ3v) is 5.18. The second kappa shape index (κ2) is 8.08. The van der Waals surface area contributed by atoms with Gasteiger partial charge in [-0.25, -0.2) is 9.97 Å². The molecule has 3 heterocycles. The van der Waals surface area contributed by atoms with E-state index >= 15 is 0 Å². The Kier molecular flexibility index (Phi) is 5.35. The van der Waals surface area contributed by atoms with Crippen LogP contribution in [0.25, 0.3) is 11.0 Å². The maximum atomic E-state index is 6.56. The molecule has 0 radical (unpaired) electrons. The Labute approximate surface area is 173 Å². The van der Waals surface area contributed by atoms with Crippen molar-refractivity contribution >= 4 is 40.2 Å². The molecule has 0 saturated carbocycles. The van der Waals surface area contributed by atoms with Gasteiger partial charge in [0.15, 0.2) is 5.82 Å². The van der Waals surface area contributed by atoms with E-state index in [2.05, 4.69) is 61.1 Å². The zero-order valence-corrected chi connectivity index (χ0v) is 17.3. The molecule has 8 nitrogen and oxygen atoms in total. The van der Waals surface area contributed by atoms with Gasteiger partial charge in [-0.15, -0.1) is 0 Å². The minimum absolute atomic E-state index is 0.381. The zero-order chi connectivity index (χ0) is 20.4. The fraction of sp³-hybridized carbons (Fsp3) is 0.300. The summed E-state index contributed by atoms with van der Waals surface area (Å²) in [5, 5.41) is 11.2. The van der Waals surface area contributed by atoms with Crippen molar-refractivity contribution in [1.82, 2.24) is 30.1 Å². The quantitative estimate of drug-likeness (QED) is 0.411. The van der Waals surface area contributed by atoms with E-state index in [-0.39, 0.29) is 0 Å². The molecular weight excluding hydrogens is 388 g/mol. The summed E-state index contributed by atoms with van der Waals surface area (Å²) in [6.07, 6.45) is 3.39. The van der Waals surface area contributed by atoms with Gasteiger partial charge >= 0.3 is 0 Å². The molecule has 150 valence electrons.